The highest BCUT2D eigenvalue weighted by molar-refractivity contribution is 6.22. The van der Waals surface area contributed by atoms with Gasteiger partial charge in [0.15, 0.2) is 0 Å². The van der Waals surface area contributed by atoms with Crippen molar-refractivity contribution >= 4 is 17.7 Å². The molecule has 6 nitrogen and oxygen atoms in total. The van der Waals surface area contributed by atoms with E-state index < -0.39 is 11.8 Å². The molecular formula is C21H22N2O4. The molecule has 0 radical (unpaired) electrons. The van der Waals surface area contributed by atoms with Crippen LogP contribution in [0.4, 0.5) is 0 Å². The lowest BCUT2D eigenvalue weighted by Gasteiger charge is -2.24. The average molecular weight is 366 g/mol. The van der Waals surface area contributed by atoms with Gasteiger partial charge in [-0.1, -0.05) is 38.1 Å². The molecule has 6 heteroatoms. The number of benzene rings is 2. The van der Waals surface area contributed by atoms with Crippen LogP contribution in [-0.2, 0) is 4.79 Å². The van der Waals surface area contributed by atoms with Gasteiger partial charge in [-0.2, -0.15) is 0 Å². The molecule has 0 spiro atoms. The summed E-state index contributed by atoms with van der Waals surface area (Å²) in [6, 6.07) is 13.8. The van der Waals surface area contributed by atoms with Gasteiger partial charge >= 0.3 is 0 Å². The maximum atomic E-state index is 12.6. The van der Waals surface area contributed by atoms with Crippen molar-refractivity contribution in [1.29, 1.82) is 0 Å². The molecule has 0 aliphatic carbocycles. The molecule has 3 rings (SSSR count). The maximum Gasteiger partial charge on any atom is 0.262 e. The van der Waals surface area contributed by atoms with Crippen LogP contribution < -0.4 is 10.1 Å². The van der Waals surface area contributed by atoms with Gasteiger partial charge in [-0.3, -0.25) is 19.3 Å². The normalized spacial score (nSPS) is 14.3. The summed E-state index contributed by atoms with van der Waals surface area (Å²) >= 11 is 0. The Balaban J connectivity index is 1.72. The molecule has 0 unspecified atom stereocenters. The number of carbonyl (C=O) groups is 3. The molecule has 2 aromatic carbocycles. The number of imide groups is 1. The van der Waals surface area contributed by atoms with Crippen molar-refractivity contribution in [2.24, 2.45) is 5.92 Å². The lowest BCUT2D eigenvalue weighted by atomic mass is 9.96. The minimum absolute atomic E-state index is 0.129. The molecule has 140 valence electrons. The summed E-state index contributed by atoms with van der Waals surface area (Å²) < 4.78 is 5.16. The first-order valence-electron chi connectivity index (χ1n) is 8.81. The zero-order valence-electron chi connectivity index (χ0n) is 15.6. The minimum atomic E-state index is -0.434. The Bertz CT molecular complexity index is 839. The molecule has 0 fully saturated rings. The third-order valence-corrected chi connectivity index (χ3v) is 4.64. The van der Waals surface area contributed by atoms with Gasteiger partial charge in [0.25, 0.3) is 11.8 Å². The van der Waals surface area contributed by atoms with Gasteiger partial charge in [-0.25, -0.2) is 0 Å². The van der Waals surface area contributed by atoms with Crippen molar-refractivity contribution in [1.82, 2.24) is 10.2 Å². The number of hydrogen-bond acceptors (Lipinski definition) is 4. The first-order valence-corrected chi connectivity index (χ1v) is 8.81. The number of nitrogens with one attached hydrogen (secondary N) is 1. The number of carbonyl (C=O) groups excluding carboxylic acids is 3. The highest BCUT2D eigenvalue weighted by Gasteiger charge is 2.36. The van der Waals surface area contributed by atoms with E-state index in [2.05, 4.69) is 5.32 Å². The van der Waals surface area contributed by atoms with Gasteiger partial charge in [0, 0.05) is 0 Å². The summed E-state index contributed by atoms with van der Waals surface area (Å²) in [5.74, 6) is -0.380. The van der Waals surface area contributed by atoms with Gasteiger partial charge in [0.1, 0.15) is 12.3 Å². The van der Waals surface area contributed by atoms with Crippen molar-refractivity contribution in [2.75, 3.05) is 13.7 Å². The SMILES string of the molecule is COc1ccc([C@H](NC(=O)CN2C(=O)c3ccccc3C2=O)C(C)C)cc1. The molecule has 27 heavy (non-hydrogen) atoms. The Morgan fingerprint density at radius 2 is 1.56 bits per heavy atom. The van der Waals surface area contributed by atoms with E-state index in [1.165, 1.54) is 0 Å². The number of fused-ring (bicyclic) bond motifs is 1. The van der Waals surface area contributed by atoms with Crippen LogP contribution in [-0.4, -0.2) is 36.3 Å². The Morgan fingerprint density at radius 3 is 2.04 bits per heavy atom. The Labute approximate surface area is 158 Å². The van der Waals surface area contributed by atoms with Crippen molar-refractivity contribution in [3.05, 3.63) is 65.2 Å². The monoisotopic (exact) mass is 366 g/mol. The Hall–Kier alpha value is -3.15. The predicted octanol–water partition coefficient (Wildman–Crippen LogP) is 2.80. The van der Waals surface area contributed by atoms with E-state index in [1.807, 2.05) is 38.1 Å². The average Bonchev–Trinajstić information content (AvgIpc) is 2.91. The van der Waals surface area contributed by atoms with Gasteiger partial charge in [0.2, 0.25) is 5.91 Å². The number of amides is 3. The molecule has 1 aliphatic rings. The summed E-state index contributed by atoms with van der Waals surface area (Å²) in [6.45, 7) is 3.69. The number of rotatable bonds is 6. The smallest absolute Gasteiger partial charge is 0.262 e. The van der Waals surface area contributed by atoms with Gasteiger partial charge in [0.05, 0.1) is 24.3 Å². The number of methoxy groups -OCH3 is 1. The van der Waals surface area contributed by atoms with E-state index >= 15 is 0 Å². The maximum absolute atomic E-state index is 12.6. The van der Waals surface area contributed by atoms with Crippen LogP contribution in [0.3, 0.4) is 0 Å². The molecule has 1 heterocycles. The van der Waals surface area contributed by atoms with Crippen LogP contribution in [0.2, 0.25) is 0 Å². The molecule has 0 bridgehead atoms. The molecule has 1 aliphatic heterocycles. The van der Waals surface area contributed by atoms with Gasteiger partial charge < -0.3 is 10.1 Å². The third-order valence-electron chi connectivity index (χ3n) is 4.64. The van der Waals surface area contributed by atoms with Crippen LogP contribution in [0, 0.1) is 5.92 Å². The van der Waals surface area contributed by atoms with E-state index in [-0.39, 0.29) is 24.4 Å². The molecule has 3 amide bonds. The second-order valence-electron chi connectivity index (χ2n) is 6.80. The fourth-order valence-electron chi connectivity index (χ4n) is 3.19. The number of nitrogens with zero attached hydrogens (tertiary/aromatic N) is 1. The first kappa shape index (κ1) is 18.6. The van der Waals surface area contributed by atoms with Crippen LogP contribution in [0.15, 0.2) is 48.5 Å². The molecule has 0 aromatic heterocycles. The molecule has 1 atom stereocenters. The fourth-order valence-corrected chi connectivity index (χ4v) is 3.19. The quantitative estimate of drug-likeness (QED) is 0.798. The van der Waals surface area contributed by atoms with Crippen LogP contribution >= 0.6 is 0 Å². The van der Waals surface area contributed by atoms with E-state index in [0.717, 1.165) is 16.2 Å². The second kappa shape index (κ2) is 7.61. The van der Waals surface area contributed by atoms with Crippen molar-refractivity contribution in [3.8, 4) is 5.75 Å². The highest BCUT2D eigenvalue weighted by Crippen LogP contribution is 2.25. The summed E-state index contributed by atoms with van der Waals surface area (Å²) in [6.07, 6.45) is 0. The Morgan fingerprint density at radius 1 is 1.00 bits per heavy atom. The molecule has 0 saturated heterocycles. The van der Waals surface area contributed by atoms with Crippen LogP contribution in [0.1, 0.15) is 46.2 Å². The zero-order chi connectivity index (χ0) is 19.6. The van der Waals surface area contributed by atoms with E-state index in [1.54, 1.807) is 31.4 Å². The minimum Gasteiger partial charge on any atom is -0.497 e. The van der Waals surface area contributed by atoms with Gasteiger partial charge in [-0.15, -0.1) is 0 Å². The van der Waals surface area contributed by atoms with Gasteiger partial charge in [-0.05, 0) is 35.7 Å². The van der Waals surface area contributed by atoms with E-state index in [4.69, 9.17) is 4.74 Å². The van der Waals surface area contributed by atoms with E-state index in [0.29, 0.717) is 11.1 Å². The zero-order valence-corrected chi connectivity index (χ0v) is 15.6. The number of hydrogen-bond donors (Lipinski definition) is 1. The lowest BCUT2D eigenvalue weighted by Crippen LogP contribution is -2.42. The Kier molecular flexibility index (Phi) is 5.26. The fraction of sp³-hybridized carbons (Fsp3) is 0.286. The number of ether oxygens (including phenoxy) is 1. The van der Waals surface area contributed by atoms with Crippen LogP contribution in [0.5, 0.6) is 5.75 Å². The van der Waals surface area contributed by atoms with E-state index in [9.17, 15) is 14.4 Å². The van der Waals surface area contributed by atoms with Crippen molar-refractivity contribution in [2.45, 2.75) is 19.9 Å². The second-order valence-corrected chi connectivity index (χ2v) is 6.80. The standard InChI is InChI=1S/C21H22N2O4/c1-13(2)19(14-8-10-15(27-3)11-9-14)22-18(24)12-23-20(25)16-6-4-5-7-17(16)21(23)26/h4-11,13,19H,12H2,1-3H3,(H,22,24)/t19-/m1/s1. The third kappa shape index (κ3) is 3.69. The van der Waals surface area contributed by atoms with Crippen molar-refractivity contribution < 1.29 is 19.1 Å². The summed E-state index contributed by atoms with van der Waals surface area (Å²) in [7, 11) is 1.60. The summed E-state index contributed by atoms with van der Waals surface area (Å²) in [5.41, 5.74) is 1.61. The molecule has 0 saturated carbocycles. The molecular weight excluding hydrogens is 344 g/mol. The lowest BCUT2D eigenvalue weighted by molar-refractivity contribution is -0.122. The van der Waals surface area contributed by atoms with Crippen molar-refractivity contribution in [3.63, 3.8) is 0 Å². The molecule has 1 N–H and O–H groups in total. The predicted molar refractivity (Wildman–Crippen MR) is 101 cm³/mol. The molecule has 2 aromatic rings. The topological polar surface area (TPSA) is 75.7 Å². The first-order chi connectivity index (χ1) is 12.9. The summed E-state index contributed by atoms with van der Waals surface area (Å²) in [5, 5.41) is 2.94. The van der Waals surface area contributed by atoms with Crippen LogP contribution in [0.25, 0.3) is 0 Å². The summed E-state index contributed by atoms with van der Waals surface area (Å²) in [4.78, 5) is 38.4. The highest BCUT2D eigenvalue weighted by atomic mass is 16.5. The largest absolute Gasteiger partial charge is 0.497 e.